The van der Waals surface area contributed by atoms with Gasteiger partial charge < -0.3 is 10.2 Å². The van der Waals surface area contributed by atoms with Crippen LogP contribution in [0.5, 0.6) is 0 Å². The van der Waals surface area contributed by atoms with E-state index >= 15 is 0 Å². The highest BCUT2D eigenvalue weighted by molar-refractivity contribution is 9.10. The van der Waals surface area contributed by atoms with Crippen LogP contribution in [0, 0.1) is 0 Å². The van der Waals surface area contributed by atoms with Gasteiger partial charge in [0.1, 0.15) is 5.38 Å². The molecule has 0 heterocycles. The van der Waals surface area contributed by atoms with Gasteiger partial charge >= 0.3 is 5.97 Å². The van der Waals surface area contributed by atoms with Crippen LogP contribution in [-0.4, -0.2) is 22.0 Å². The quantitative estimate of drug-likeness (QED) is 0.835. The molecule has 0 aromatic heterocycles. The van der Waals surface area contributed by atoms with Crippen LogP contribution in [0.2, 0.25) is 0 Å². The first-order valence-corrected chi connectivity index (χ1v) is 5.91. The van der Waals surface area contributed by atoms with Gasteiger partial charge in [-0.25, -0.2) is 4.79 Å². The largest absolute Gasteiger partial charge is 0.479 e. The number of carbonyl (C=O) groups is 2. The Hall–Kier alpha value is -0.910. The molecule has 0 aliphatic carbocycles. The minimum Gasteiger partial charge on any atom is -0.479 e. The average molecular weight is 322 g/mol. The zero-order valence-electron chi connectivity index (χ0n) is 8.85. The van der Waals surface area contributed by atoms with E-state index in [0.29, 0.717) is 10.0 Å². The maximum Gasteiger partial charge on any atom is 0.337 e. The van der Waals surface area contributed by atoms with Gasteiger partial charge in [0.25, 0.3) is 0 Å². The monoisotopic (exact) mass is 320 g/mol. The third-order valence-corrected chi connectivity index (χ3v) is 3.16. The number of halogens is 2. The highest BCUT2D eigenvalue weighted by Crippen LogP contribution is 2.28. The SMILES string of the molecule is CC(=O)C(Cl)c1cc(Br)cc(C(O)C(=O)O)c1. The van der Waals surface area contributed by atoms with Gasteiger partial charge in [0.2, 0.25) is 0 Å². The molecule has 1 rings (SSSR count). The normalized spacial score (nSPS) is 14.1. The number of ketones is 1. The number of aliphatic hydroxyl groups excluding tert-OH is 1. The molecule has 0 aliphatic rings. The second kappa shape index (κ2) is 5.62. The Morgan fingerprint density at radius 3 is 2.29 bits per heavy atom. The molecule has 0 bridgehead atoms. The van der Waals surface area contributed by atoms with E-state index in [1.54, 1.807) is 6.07 Å². The number of carboxylic acid groups (broad SMARTS) is 1. The maximum atomic E-state index is 11.1. The predicted octanol–water partition coefficient (Wildman–Crippen LogP) is 2.44. The Labute approximate surface area is 111 Å². The van der Waals surface area contributed by atoms with Crippen molar-refractivity contribution in [3.8, 4) is 0 Å². The zero-order chi connectivity index (χ0) is 13.2. The molecule has 0 saturated heterocycles. The summed E-state index contributed by atoms with van der Waals surface area (Å²) in [5, 5.41) is 17.3. The average Bonchev–Trinajstić information content (AvgIpc) is 2.25. The van der Waals surface area contributed by atoms with Crippen molar-refractivity contribution in [2.45, 2.75) is 18.4 Å². The molecule has 17 heavy (non-hydrogen) atoms. The summed E-state index contributed by atoms with van der Waals surface area (Å²) in [6.45, 7) is 1.34. The van der Waals surface area contributed by atoms with Crippen molar-refractivity contribution < 1.29 is 19.8 Å². The predicted molar refractivity (Wildman–Crippen MR) is 66.0 cm³/mol. The van der Waals surface area contributed by atoms with Crippen LogP contribution in [0.4, 0.5) is 0 Å². The summed E-state index contributed by atoms with van der Waals surface area (Å²) in [6.07, 6.45) is -1.64. The van der Waals surface area contributed by atoms with Gasteiger partial charge in [-0.05, 0) is 30.2 Å². The Morgan fingerprint density at radius 1 is 1.29 bits per heavy atom. The molecule has 0 radical (unpaired) electrons. The summed E-state index contributed by atoms with van der Waals surface area (Å²) in [5.74, 6) is -1.61. The van der Waals surface area contributed by atoms with E-state index in [-0.39, 0.29) is 11.3 Å². The molecule has 0 fully saturated rings. The number of carbonyl (C=O) groups excluding carboxylic acids is 1. The number of Topliss-reactive ketones (excluding diaryl/α,β-unsaturated/α-hetero) is 1. The Balaban J connectivity index is 3.19. The summed E-state index contributed by atoms with van der Waals surface area (Å²) >= 11 is 9.04. The molecule has 1 aromatic rings. The van der Waals surface area contributed by atoms with E-state index in [4.69, 9.17) is 16.7 Å². The summed E-state index contributed by atoms with van der Waals surface area (Å²) < 4.78 is 0.553. The lowest BCUT2D eigenvalue weighted by Gasteiger charge is -2.11. The molecular formula is C11H10BrClO4. The van der Waals surface area contributed by atoms with Crippen molar-refractivity contribution in [1.82, 2.24) is 0 Å². The first kappa shape index (κ1) is 14.2. The molecule has 6 heteroatoms. The van der Waals surface area contributed by atoms with Crippen LogP contribution in [0.15, 0.2) is 22.7 Å². The number of hydrogen-bond donors (Lipinski definition) is 2. The van der Waals surface area contributed by atoms with Crippen LogP contribution >= 0.6 is 27.5 Å². The van der Waals surface area contributed by atoms with Crippen LogP contribution in [0.25, 0.3) is 0 Å². The third kappa shape index (κ3) is 3.52. The first-order chi connectivity index (χ1) is 7.82. The lowest BCUT2D eigenvalue weighted by atomic mass is 10.0. The van der Waals surface area contributed by atoms with E-state index in [9.17, 15) is 14.7 Å². The molecule has 92 valence electrons. The van der Waals surface area contributed by atoms with Crippen molar-refractivity contribution in [2.24, 2.45) is 0 Å². The van der Waals surface area contributed by atoms with E-state index in [1.807, 2.05) is 0 Å². The fourth-order valence-corrected chi connectivity index (χ4v) is 1.97. The van der Waals surface area contributed by atoms with Crippen molar-refractivity contribution >= 4 is 39.3 Å². The van der Waals surface area contributed by atoms with Gasteiger partial charge in [-0.1, -0.05) is 22.0 Å². The highest BCUT2D eigenvalue weighted by atomic mass is 79.9. The van der Waals surface area contributed by atoms with Gasteiger partial charge in [0.15, 0.2) is 11.9 Å². The Bertz CT molecular complexity index is 423. The number of aliphatic carboxylic acids is 1. The topological polar surface area (TPSA) is 74.6 Å². The third-order valence-electron chi connectivity index (χ3n) is 2.14. The Morgan fingerprint density at radius 2 is 1.82 bits per heavy atom. The number of aliphatic hydroxyl groups is 1. The van der Waals surface area contributed by atoms with Crippen LogP contribution in [0.3, 0.4) is 0 Å². The van der Waals surface area contributed by atoms with Crippen molar-refractivity contribution in [3.63, 3.8) is 0 Å². The molecule has 4 nitrogen and oxygen atoms in total. The first-order valence-electron chi connectivity index (χ1n) is 4.68. The highest BCUT2D eigenvalue weighted by Gasteiger charge is 2.20. The molecule has 2 atom stereocenters. The fourth-order valence-electron chi connectivity index (χ4n) is 1.32. The Kier molecular flexibility index (Phi) is 4.68. The second-order valence-corrected chi connectivity index (χ2v) is 4.88. The summed E-state index contributed by atoms with van der Waals surface area (Å²) in [5.41, 5.74) is 0.623. The summed E-state index contributed by atoms with van der Waals surface area (Å²) in [7, 11) is 0. The van der Waals surface area contributed by atoms with E-state index < -0.39 is 17.5 Å². The van der Waals surface area contributed by atoms with Crippen molar-refractivity contribution in [2.75, 3.05) is 0 Å². The van der Waals surface area contributed by atoms with Crippen molar-refractivity contribution in [1.29, 1.82) is 0 Å². The second-order valence-electron chi connectivity index (χ2n) is 3.53. The van der Waals surface area contributed by atoms with Gasteiger partial charge in [0, 0.05) is 4.47 Å². The van der Waals surface area contributed by atoms with Gasteiger partial charge in [-0.2, -0.15) is 0 Å². The molecular weight excluding hydrogens is 311 g/mol. The molecule has 0 saturated carbocycles. The molecule has 2 unspecified atom stereocenters. The summed E-state index contributed by atoms with van der Waals surface area (Å²) in [6, 6.07) is 4.48. The van der Waals surface area contributed by atoms with E-state index in [1.165, 1.54) is 19.1 Å². The molecule has 1 aromatic carbocycles. The van der Waals surface area contributed by atoms with Gasteiger partial charge in [-0.15, -0.1) is 11.6 Å². The number of benzene rings is 1. The molecule has 0 aliphatic heterocycles. The standard InChI is InChI=1S/C11H10BrClO4/c1-5(14)9(13)6-2-7(4-8(12)3-6)10(15)11(16)17/h2-4,9-10,15H,1H3,(H,16,17). The lowest BCUT2D eigenvalue weighted by molar-refractivity contribution is -0.146. The molecule has 0 spiro atoms. The maximum absolute atomic E-state index is 11.1. The number of hydrogen-bond acceptors (Lipinski definition) is 3. The van der Waals surface area contributed by atoms with Crippen LogP contribution in [0.1, 0.15) is 29.5 Å². The number of alkyl halides is 1. The van der Waals surface area contributed by atoms with Gasteiger partial charge in [0.05, 0.1) is 0 Å². The smallest absolute Gasteiger partial charge is 0.337 e. The molecule has 2 N–H and O–H groups in total. The minimum atomic E-state index is -1.64. The minimum absolute atomic E-state index is 0.175. The van der Waals surface area contributed by atoms with E-state index in [2.05, 4.69) is 15.9 Å². The fraction of sp³-hybridized carbons (Fsp3) is 0.273. The van der Waals surface area contributed by atoms with E-state index in [0.717, 1.165) is 0 Å². The van der Waals surface area contributed by atoms with Crippen molar-refractivity contribution in [3.05, 3.63) is 33.8 Å². The zero-order valence-corrected chi connectivity index (χ0v) is 11.2. The van der Waals surface area contributed by atoms with Gasteiger partial charge in [-0.3, -0.25) is 4.79 Å². The number of carboxylic acids is 1. The summed E-state index contributed by atoms with van der Waals surface area (Å²) in [4.78, 5) is 21.8. The molecule has 0 amide bonds. The van der Waals surface area contributed by atoms with Crippen LogP contribution in [-0.2, 0) is 9.59 Å². The number of rotatable bonds is 4. The van der Waals surface area contributed by atoms with Crippen LogP contribution < -0.4 is 0 Å². The lowest BCUT2D eigenvalue weighted by Crippen LogP contribution is -2.11.